The quantitative estimate of drug-likeness (QED) is 0.342. The number of hydrogen-bond acceptors (Lipinski definition) is 2. The minimum absolute atomic E-state index is 0.584. The van der Waals surface area contributed by atoms with E-state index >= 15 is 0 Å². The lowest BCUT2D eigenvalue weighted by Crippen LogP contribution is -2.22. The zero-order chi connectivity index (χ0) is 19.5. The maximum atomic E-state index is 12.6. The number of hydrogen-bond donors (Lipinski definition) is 0. The summed E-state index contributed by atoms with van der Waals surface area (Å²) in [4.78, 5) is 7.16. The van der Waals surface area contributed by atoms with E-state index in [1.165, 1.54) is 0 Å². The van der Waals surface area contributed by atoms with Gasteiger partial charge in [-0.25, -0.2) is 4.99 Å². The van der Waals surface area contributed by atoms with Gasteiger partial charge in [0.1, 0.15) is 5.84 Å². The van der Waals surface area contributed by atoms with Gasteiger partial charge in [-0.2, -0.15) is 13.2 Å². The van der Waals surface area contributed by atoms with Crippen LogP contribution in [0.1, 0.15) is 16.7 Å². The summed E-state index contributed by atoms with van der Waals surface area (Å²) in [5.74, 6) is -0.210. The van der Waals surface area contributed by atoms with Gasteiger partial charge in [-0.3, -0.25) is 0 Å². The maximum absolute atomic E-state index is 12.6. The average Bonchev–Trinajstić information content (AvgIpc) is 2.53. The molecule has 0 saturated carbocycles. The van der Waals surface area contributed by atoms with Crippen LogP contribution >= 0.6 is 23.4 Å². The molecule has 0 saturated heterocycles. The molecule has 2 aromatic rings. The molecule has 0 aliphatic heterocycles. The second-order valence-electron chi connectivity index (χ2n) is 6.14. The Hall–Kier alpha value is -1.66. The minimum Gasteiger partial charge on any atom is -0.362 e. The van der Waals surface area contributed by atoms with Crippen LogP contribution in [0.25, 0.3) is 0 Å². The van der Waals surface area contributed by atoms with Gasteiger partial charge >= 0.3 is 6.18 Å². The van der Waals surface area contributed by atoms with E-state index in [9.17, 15) is 13.2 Å². The first-order valence-electron chi connectivity index (χ1n) is 7.89. The number of amidine groups is 1. The second-order valence-corrected chi connectivity index (χ2v) is 7.60. The van der Waals surface area contributed by atoms with Crippen molar-refractivity contribution < 1.29 is 13.2 Å². The van der Waals surface area contributed by atoms with Crippen molar-refractivity contribution in [2.75, 3.05) is 19.8 Å². The van der Waals surface area contributed by atoms with Crippen LogP contribution < -0.4 is 0 Å². The van der Waals surface area contributed by atoms with Crippen LogP contribution in [0.3, 0.4) is 0 Å². The molecule has 0 atom stereocenters. The molecule has 0 N–H and O–H groups in total. The summed E-state index contributed by atoms with van der Waals surface area (Å²) in [6.45, 7) is 3.71. The van der Waals surface area contributed by atoms with Crippen LogP contribution in [0.2, 0.25) is 5.02 Å². The van der Waals surface area contributed by atoms with E-state index in [1.807, 2.05) is 51.0 Å². The largest absolute Gasteiger partial charge is 0.398 e. The van der Waals surface area contributed by atoms with Crippen molar-refractivity contribution in [2.24, 2.45) is 4.99 Å². The number of aryl methyl sites for hydroxylation is 2. The minimum atomic E-state index is -4.20. The van der Waals surface area contributed by atoms with Gasteiger partial charge in [0.15, 0.2) is 0 Å². The van der Waals surface area contributed by atoms with Crippen molar-refractivity contribution in [1.29, 1.82) is 0 Å². The summed E-state index contributed by atoms with van der Waals surface area (Å²) < 4.78 is 37.7. The molecular formula is C19H20ClF3N2S. The fraction of sp³-hybridized carbons (Fsp3) is 0.316. The van der Waals surface area contributed by atoms with E-state index in [0.717, 1.165) is 28.5 Å². The Bertz CT molecular complexity index is 800. The SMILES string of the molecule is Cc1cc(C)c(SCC(F)(F)F)cc1N=C(c1ccc(Cl)cc1)N(C)C. The molecule has 26 heavy (non-hydrogen) atoms. The third kappa shape index (κ3) is 5.68. The Morgan fingerprint density at radius 1 is 1.08 bits per heavy atom. The monoisotopic (exact) mass is 400 g/mol. The molecule has 0 unspecified atom stereocenters. The van der Waals surface area contributed by atoms with E-state index in [4.69, 9.17) is 16.6 Å². The van der Waals surface area contributed by atoms with Gasteiger partial charge in [0.25, 0.3) is 0 Å². The molecule has 0 aliphatic rings. The molecule has 0 spiro atoms. The number of rotatable bonds is 4. The highest BCUT2D eigenvalue weighted by Crippen LogP contribution is 2.34. The zero-order valence-electron chi connectivity index (χ0n) is 15.0. The van der Waals surface area contributed by atoms with E-state index in [0.29, 0.717) is 21.4 Å². The average molecular weight is 401 g/mol. The number of thioether (sulfide) groups is 1. The Morgan fingerprint density at radius 2 is 1.69 bits per heavy atom. The first kappa shape index (κ1) is 20.6. The molecule has 140 valence electrons. The van der Waals surface area contributed by atoms with Gasteiger partial charge in [-0.05, 0) is 55.3 Å². The highest BCUT2D eigenvalue weighted by atomic mass is 35.5. The lowest BCUT2D eigenvalue weighted by atomic mass is 10.1. The zero-order valence-corrected chi connectivity index (χ0v) is 16.6. The number of halogens is 4. The number of nitrogens with zero attached hydrogens (tertiary/aromatic N) is 2. The van der Waals surface area contributed by atoms with E-state index in [2.05, 4.69) is 0 Å². The molecule has 2 nitrogen and oxygen atoms in total. The fourth-order valence-corrected chi connectivity index (χ4v) is 3.32. The first-order chi connectivity index (χ1) is 12.1. The molecule has 0 fully saturated rings. The van der Waals surface area contributed by atoms with Crippen molar-refractivity contribution in [3.8, 4) is 0 Å². The lowest BCUT2D eigenvalue weighted by Gasteiger charge is -2.18. The standard InChI is InChI=1S/C19H20ClF3N2S/c1-12-9-13(2)17(26-11-19(21,22)23)10-16(12)24-18(25(3)4)14-5-7-15(20)8-6-14/h5-10H,11H2,1-4H3. The molecule has 0 aliphatic carbocycles. The van der Waals surface area contributed by atoms with Crippen LogP contribution in [0.5, 0.6) is 0 Å². The summed E-state index contributed by atoms with van der Waals surface area (Å²) in [5, 5.41) is 0.629. The normalized spacial score (nSPS) is 12.4. The van der Waals surface area contributed by atoms with Gasteiger partial charge in [0.2, 0.25) is 0 Å². The molecule has 2 aromatic carbocycles. The van der Waals surface area contributed by atoms with Crippen molar-refractivity contribution in [2.45, 2.75) is 24.9 Å². The Morgan fingerprint density at radius 3 is 2.23 bits per heavy atom. The Labute approximate surface area is 161 Å². The summed E-state index contributed by atoms with van der Waals surface area (Å²) in [5.41, 5.74) is 3.25. The number of aliphatic imine (C=N–C) groups is 1. The summed E-state index contributed by atoms with van der Waals surface area (Å²) in [6, 6.07) is 10.9. The highest BCUT2D eigenvalue weighted by Gasteiger charge is 2.27. The molecule has 0 radical (unpaired) electrons. The second kappa shape index (κ2) is 8.35. The number of benzene rings is 2. The van der Waals surface area contributed by atoms with Crippen LogP contribution in [0.15, 0.2) is 46.3 Å². The molecule has 0 heterocycles. The van der Waals surface area contributed by atoms with Crippen molar-refractivity contribution in [1.82, 2.24) is 4.90 Å². The molecular weight excluding hydrogens is 381 g/mol. The third-order valence-corrected chi connectivity index (χ3v) is 5.11. The maximum Gasteiger partial charge on any atom is 0.398 e. The smallest absolute Gasteiger partial charge is 0.362 e. The molecule has 0 aromatic heterocycles. The summed E-state index contributed by atoms with van der Waals surface area (Å²) >= 11 is 6.73. The van der Waals surface area contributed by atoms with Crippen LogP contribution in [-0.2, 0) is 0 Å². The van der Waals surface area contributed by atoms with Crippen molar-refractivity contribution in [3.05, 3.63) is 58.1 Å². The summed E-state index contributed by atoms with van der Waals surface area (Å²) in [6.07, 6.45) is -4.20. The topological polar surface area (TPSA) is 15.6 Å². The Balaban J connectivity index is 2.44. The predicted octanol–water partition coefficient (Wildman–Crippen LogP) is 6.25. The molecule has 7 heteroatoms. The van der Waals surface area contributed by atoms with Crippen LogP contribution in [-0.4, -0.2) is 36.8 Å². The predicted molar refractivity (Wildman–Crippen MR) is 104 cm³/mol. The van der Waals surface area contributed by atoms with Crippen molar-refractivity contribution >= 4 is 34.9 Å². The molecule has 2 rings (SSSR count). The van der Waals surface area contributed by atoms with Crippen LogP contribution in [0.4, 0.5) is 18.9 Å². The van der Waals surface area contributed by atoms with Gasteiger partial charge in [-0.1, -0.05) is 17.7 Å². The molecule has 0 amide bonds. The van der Waals surface area contributed by atoms with E-state index in [-0.39, 0.29) is 0 Å². The summed E-state index contributed by atoms with van der Waals surface area (Å²) in [7, 11) is 3.74. The highest BCUT2D eigenvalue weighted by molar-refractivity contribution is 7.99. The van der Waals surface area contributed by atoms with Crippen molar-refractivity contribution in [3.63, 3.8) is 0 Å². The first-order valence-corrected chi connectivity index (χ1v) is 9.26. The van der Waals surface area contributed by atoms with Gasteiger partial charge < -0.3 is 4.90 Å². The lowest BCUT2D eigenvalue weighted by molar-refractivity contribution is -0.105. The third-order valence-electron chi connectivity index (χ3n) is 3.64. The molecule has 0 bridgehead atoms. The Kier molecular flexibility index (Phi) is 6.64. The van der Waals surface area contributed by atoms with Gasteiger partial charge in [0.05, 0.1) is 11.4 Å². The van der Waals surface area contributed by atoms with Crippen LogP contribution in [0, 0.1) is 13.8 Å². The van der Waals surface area contributed by atoms with E-state index < -0.39 is 11.9 Å². The van der Waals surface area contributed by atoms with E-state index in [1.54, 1.807) is 18.2 Å². The van der Waals surface area contributed by atoms with Gasteiger partial charge in [-0.15, -0.1) is 11.8 Å². The fourth-order valence-electron chi connectivity index (χ4n) is 2.39. The van der Waals surface area contributed by atoms with Gasteiger partial charge in [0, 0.05) is 29.6 Å². The number of alkyl halides is 3.